The lowest BCUT2D eigenvalue weighted by Gasteiger charge is -2.03. The molecule has 2 heterocycles. The normalized spacial score (nSPS) is 10.3. The first-order chi connectivity index (χ1) is 7.74. The molecule has 0 unspecified atom stereocenters. The van der Waals surface area contributed by atoms with Gasteiger partial charge in [0.15, 0.2) is 0 Å². The lowest BCUT2D eigenvalue weighted by atomic mass is 10.3. The van der Waals surface area contributed by atoms with Crippen LogP contribution in [-0.4, -0.2) is 22.0 Å². The number of hydrogen-bond donors (Lipinski definition) is 0. The Hall–Kier alpha value is -2.17. The largest absolute Gasteiger partial charge is 0.462 e. The van der Waals surface area contributed by atoms with Gasteiger partial charge in [-0.25, -0.2) is 9.78 Å². The molecule has 0 radical (unpaired) electrons. The summed E-state index contributed by atoms with van der Waals surface area (Å²) >= 11 is 0. The maximum Gasteiger partial charge on any atom is 0.343 e. The molecule has 0 aliphatic carbocycles. The number of ether oxygens (including phenoxy) is 1. The van der Waals surface area contributed by atoms with E-state index in [1.54, 1.807) is 31.5 Å². The zero-order chi connectivity index (χ0) is 11.5. The highest BCUT2D eigenvalue weighted by Crippen LogP contribution is 2.00. The number of nitrogens with zero attached hydrogens (tertiary/aromatic N) is 2. The fraction of sp³-hybridized carbons (Fsp3) is 0.182. The van der Waals surface area contributed by atoms with Crippen LogP contribution in [0, 0.1) is 0 Å². The summed E-state index contributed by atoms with van der Waals surface area (Å²) < 4.78 is 6.10. The van der Waals surface area contributed by atoms with Crippen LogP contribution in [0.15, 0.2) is 35.4 Å². The summed E-state index contributed by atoms with van der Waals surface area (Å²) in [4.78, 5) is 27.3. The molecule has 2 rings (SSSR count). The van der Waals surface area contributed by atoms with Gasteiger partial charge in [0.2, 0.25) is 0 Å². The summed E-state index contributed by atoms with van der Waals surface area (Å²) in [6.45, 7) is 1.94. The topological polar surface area (TPSA) is 60.7 Å². The molecule has 5 nitrogen and oxygen atoms in total. The quantitative estimate of drug-likeness (QED) is 0.702. The molecule has 0 N–H and O–H groups in total. The van der Waals surface area contributed by atoms with E-state index in [2.05, 4.69) is 4.98 Å². The van der Waals surface area contributed by atoms with E-state index in [0.717, 1.165) is 0 Å². The van der Waals surface area contributed by atoms with Crippen LogP contribution in [0.1, 0.15) is 17.3 Å². The van der Waals surface area contributed by atoms with E-state index in [1.165, 1.54) is 10.5 Å². The molecule has 82 valence electrons. The Morgan fingerprint density at radius 2 is 2.31 bits per heavy atom. The van der Waals surface area contributed by atoms with Crippen molar-refractivity contribution in [3.63, 3.8) is 0 Å². The van der Waals surface area contributed by atoms with E-state index in [9.17, 15) is 9.59 Å². The summed E-state index contributed by atoms with van der Waals surface area (Å²) in [6.07, 6.45) is 3.15. The highest BCUT2D eigenvalue weighted by Gasteiger charge is 2.12. The predicted molar refractivity (Wildman–Crippen MR) is 57.4 cm³/mol. The summed E-state index contributed by atoms with van der Waals surface area (Å²) in [7, 11) is 0. The lowest BCUT2D eigenvalue weighted by Crippen LogP contribution is -2.23. The highest BCUT2D eigenvalue weighted by molar-refractivity contribution is 5.89. The molecular formula is C11H10N2O3. The molecule has 2 aromatic heterocycles. The number of hydrogen-bond acceptors (Lipinski definition) is 4. The van der Waals surface area contributed by atoms with Crippen LogP contribution in [0.5, 0.6) is 0 Å². The van der Waals surface area contributed by atoms with Crippen LogP contribution in [0.2, 0.25) is 0 Å². The van der Waals surface area contributed by atoms with Gasteiger partial charge in [0, 0.05) is 12.4 Å². The summed E-state index contributed by atoms with van der Waals surface area (Å²) in [5, 5.41) is 0. The Morgan fingerprint density at radius 1 is 1.50 bits per heavy atom. The van der Waals surface area contributed by atoms with Gasteiger partial charge < -0.3 is 4.74 Å². The number of fused-ring (bicyclic) bond motifs is 1. The van der Waals surface area contributed by atoms with Gasteiger partial charge in [-0.1, -0.05) is 0 Å². The van der Waals surface area contributed by atoms with Crippen molar-refractivity contribution in [2.45, 2.75) is 6.92 Å². The van der Waals surface area contributed by atoms with Crippen molar-refractivity contribution >= 4 is 11.6 Å². The Kier molecular flexibility index (Phi) is 2.68. The van der Waals surface area contributed by atoms with Gasteiger partial charge in [-0.2, -0.15) is 0 Å². The van der Waals surface area contributed by atoms with Crippen molar-refractivity contribution in [1.82, 2.24) is 9.38 Å². The Morgan fingerprint density at radius 3 is 3.06 bits per heavy atom. The molecule has 0 spiro atoms. The van der Waals surface area contributed by atoms with Gasteiger partial charge in [0.1, 0.15) is 11.2 Å². The van der Waals surface area contributed by atoms with Crippen molar-refractivity contribution < 1.29 is 9.53 Å². The maximum atomic E-state index is 11.9. The van der Waals surface area contributed by atoms with Crippen molar-refractivity contribution in [2.24, 2.45) is 0 Å². The number of pyridine rings is 1. The third-order valence-corrected chi connectivity index (χ3v) is 2.12. The summed E-state index contributed by atoms with van der Waals surface area (Å²) in [6, 6.07) is 4.67. The van der Waals surface area contributed by atoms with Gasteiger partial charge in [0.05, 0.1) is 6.61 Å². The predicted octanol–water partition coefficient (Wildman–Crippen LogP) is 0.871. The highest BCUT2D eigenvalue weighted by atomic mass is 16.5. The second-order valence-corrected chi connectivity index (χ2v) is 3.12. The third kappa shape index (κ3) is 1.67. The fourth-order valence-electron chi connectivity index (χ4n) is 1.40. The first-order valence-corrected chi connectivity index (χ1v) is 4.87. The van der Waals surface area contributed by atoms with Gasteiger partial charge >= 0.3 is 5.97 Å². The minimum atomic E-state index is -0.606. The number of aromatic nitrogens is 2. The molecule has 5 heteroatoms. The minimum absolute atomic E-state index is 0.0207. The molecular weight excluding hydrogens is 208 g/mol. The van der Waals surface area contributed by atoms with Gasteiger partial charge in [-0.15, -0.1) is 0 Å². The number of carbonyl (C=O) groups excluding carboxylic acids is 1. The van der Waals surface area contributed by atoms with Crippen LogP contribution < -0.4 is 5.56 Å². The van der Waals surface area contributed by atoms with E-state index in [4.69, 9.17) is 4.74 Å². The summed E-state index contributed by atoms with van der Waals surface area (Å²) in [5.74, 6) is -0.606. The molecule has 0 amide bonds. The molecule has 0 fully saturated rings. The maximum absolute atomic E-state index is 11.9. The molecule has 0 atom stereocenters. The van der Waals surface area contributed by atoms with Gasteiger partial charge in [-0.05, 0) is 25.1 Å². The monoisotopic (exact) mass is 218 g/mol. The molecule has 0 aliphatic rings. The number of rotatable bonds is 2. The smallest absolute Gasteiger partial charge is 0.343 e. The summed E-state index contributed by atoms with van der Waals surface area (Å²) in [5.41, 5.74) is 0.108. The van der Waals surface area contributed by atoms with Crippen LogP contribution in [0.4, 0.5) is 0 Å². The van der Waals surface area contributed by atoms with Crippen molar-refractivity contribution in [3.05, 3.63) is 46.5 Å². The molecule has 0 aliphatic heterocycles. The van der Waals surface area contributed by atoms with Gasteiger partial charge in [0.25, 0.3) is 5.56 Å². The van der Waals surface area contributed by atoms with Crippen LogP contribution in [0.3, 0.4) is 0 Å². The Bertz CT molecular complexity index is 589. The second-order valence-electron chi connectivity index (χ2n) is 3.12. The van der Waals surface area contributed by atoms with E-state index in [1.807, 2.05) is 0 Å². The first-order valence-electron chi connectivity index (χ1n) is 4.87. The van der Waals surface area contributed by atoms with Crippen molar-refractivity contribution in [2.75, 3.05) is 6.61 Å². The van der Waals surface area contributed by atoms with Gasteiger partial charge in [-0.3, -0.25) is 9.20 Å². The van der Waals surface area contributed by atoms with E-state index in [-0.39, 0.29) is 12.2 Å². The molecule has 0 saturated carbocycles. The SMILES string of the molecule is CCOC(=O)c1ccc2ncccn2c1=O. The Labute approximate surface area is 91.3 Å². The minimum Gasteiger partial charge on any atom is -0.462 e. The number of carbonyl (C=O) groups is 1. The lowest BCUT2D eigenvalue weighted by molar-refractivity contribution is 0.0524. The fourth-order valence-corrected chi connectivity index (χ4v) is 1.40. The molecule has 16 heavy (non-hydrogen) atoms. The molecule has 0 saturated heterocycles. The van der Waals surface area contributed by atoms with E-state index >= 15 is 0 Å². The molecule has 0 bridgehead atoms. The molecule has 2 aromatic rings. The first kappa shape index (κ1) is 10.4. The average molecular weight is 218 g/mol. The van der Waals surface area contributed by atoms with E-state index in [0.29, 0.717) is 5.65 Å². The third-order valence-electron chi connectivity index (χ3n) is 2.12. The average Bonchev–Trinajstić information content (AvgIpc) is 2.30. The zero-order valence-corrected chi connectivity index (χ0v) is 8.71. The van der Waals surface area contributed by atoms with Crippen LogP contribution in [-0.2, 0) is 4.74 Å². The second kappa shape index (κ2) is 4.14. The zero-order valence-electron chi connectivity index (χ0n) is 8.71. The van der Waals surface area contributed by atoms with Crippen molar-refractivity contribution in [3.8, 4) is 0 Å². The van der Waals surface area contributed by atoms with E-state index < -0.39 is 11.5 Å². The Balaban J connectivity index is 2.61. The van der Waals surface area contributed by atoms with Crippen LogP contribution >= 0.6 is 0 Å². The van der Waals surface area contributed by atoms with Crippen LogP contribution in [0.25, 0.3) is 5.65 Å². The molecule has 0 aromatic carbocycles. The van der Waals surface area contributed by atoms with Crippen molar-refractivity contribution in [1.29, 1.82) is 0 Å². The standard InChI is InChI=1S/C11H10N2O3/c1-2-16-11(15)8-4-5-9-12-6-3-7-13(9)10(8)14/h3-7H,2H2,1H3. The number of esters is 1.